The fraction of sp³-hybridized carbons (Fsp3) is 0.154. The number of para-hydroxylation sites is 1. The number of fused-ring (bicyclic) bond motifs is 2. The van der Waals surface area contributed by atoms with Crippen molar-refractivity contribution in [2.24, 2.45) is 0 Å². The van der Waals surface area contributed by atoms with Crippen LogP contribution in [0, 0.1) is 12.3 Å². The third kappa shape index (κ3) is 4.37. The van der Waals surface area contributed by atoms with E-state index in [4.69, 9.17) is 15.9 Å². The molecule has 36 heavy (non-hydrogen) atoms. The molecule has 1 N–H and O–H groups in total. The van der Waals surface area contributed by atoms with E-state index in [0.717, 1.165) is 15.4 Å². The van der Waals surface area contributed by atoms with Crippen molar-refractivity contribution in [1.29, 1.82) is 0 Å². The zero-order valence-electron chi connectivity index (χ0n) is 19.3. The number of nitrogens with zero attached hydrogens (tertiary/aromatic N) is 3. The Balaban J connectivity index is 1.40. The fourth-order valence-corrected chi connectivity index (χ4v) is 5.00. The average molecular weight is 503 g/mol. The molecule has 0 atom stereocenters. The van der Waals surface area contributed by atoms with Crippen LogP contribution in [0.4, 0.5) is 5.69 Å². The van der Waals surface area contributed by atoms with E-state index in [1.54, 1.807) is 35.0 Å². The van der Waals surface area contributed by atoms with Crippen LogP contribution >= 0.6 is 0 Å². The minimum Gasteiger partial charge on any atom is -0.454 e. The summed E-state index contributed by atoms with van der Waals surface area (Å²) in [5, 5.41) is 8.14. The average Bonchev–Trinajstić information content (AvgIpc) is 3.49. The van der Waals surface area contributed by atoms with Crippen molar-refractivity contribution in [2.75, 3.05) is 25.7 Å². The summed E-state index contributed by atoms with van der Waals surface area (Å²) >= 11 is 0. The lowest BCUT2D eigenvalue weighted by atomic mass is 10.2. The number of benzene rings is 3. The van der Waals surface area contributed by atoms with E-state index >= 15 is 0 Å². The highest BCUT2D eigenvalue weighted by Crippen LogP contribution is 2.34. The van der Waals surface area contributed by atoms with E-state index in [1.807, 2.05) is 24.3 Å². The van der Waals surface area contributed by atoms with Crippen LogP contribution in [0.2, 0.25) is 0 Å². The normalized spacial score (nSPS) is 12.6. The van der Waals surface area contributed by atoms with Crippen molar-refractivity contribution in [3.8, 4) is 23.8 Å². The van der Waals surface area contributed by atoms with E-state index in [9.17, 15) is 13.2 Å². The third-order valence-electron chi connectivity index (χ3n) is 5.78. The maximum absolute atomic E-state index is 13.1. The molecule has 5 rings (SSSR count). The monoisotopic (exact) mass is 502 g/mol. The molecule has 0 spiro atoms. The molecule has 0 saturated heterocycles. The number of terminal acetylenes is 1. The molecular formula is C26H22N4O5S. The van der Waals surface area contributed by atoms with Gasteiger partial charge >= 0.3 is 0 Å². The first-order valence-corrected chi connectivity index (χ1v) is 12.5. The Morgan fingerprint density at radius 2 is 1.86 bits per heavy atom. The standard InChI is InChI=1S/C26H22N4O5S/c1-3-14-29(2)36(32,33)20-11-8-18(9-12-20)16-30-22-7-5-4-6-21(22)25(28-30)26(31)27-19-10-13-23-24(15-19)35-17-34-23/h1,4-13,15H,14,16-17H2,2H3,(H,27,31). The number of hydrogen-bond acceptors (Lipinski definition) is 6. The van der Waals surface area contributed by atoms with Gasteiger partial charge in [0.25, 0.3) is 5.91 Å². The predicted octanol–water partition coefficient (Wildman–Crippen LogP) is 3.32. The topological polar surface area (TPSA) is 103 Å². The Morgan fingerprint density at radius 1 is 1.11 bits per heavy atom. The third-order valence-corrected chi connectivity index (χ3v) is 7.60. The Labute approximate surface area is 208 Å². The molecule has 4 aromatic rings. The Morgan fingerprint density at radius 3 is 2.64 bits per heavy atom. The van der Waals surface area contributed by atoms with Gasteiger partial charge in [0, 0.05) is 24.2 Å². The minimum atomic E-state index is -3.67. The van der Waals surface area contributed by atoms with Crippen LogP contribution in [-0.4, -0.2) is 48.8 Å². The van der Waals surface area contributed by atoms with E-state index in [-0.39, 0.29) is 29.8 Å². The van der Waals surface area contributed by atoms with Gasteiger partial charge in [0.05, 0.1) is 23.5 Å². The maximum Gasteiger partial charge on any atom is 0.276 e. The number of ether oxygens (including phenoxy) is 2. The molecular weight excluding hydrogens is 480 g/mol. The highest BCUT2D eigenvalue weighted by atomic mass is 32.2. The molecule has 1 aliphatic heterocycles. The van der Waals surface area contributed by atoms with Gasteiger partial charge in [0.2, 0.25) is 16.8 Å². The highest BCUT2D eigenvalue weighted by molar-refractivity contribution is 7.89. The number of anilines is 1. The van der Waals surface area contributed by atoms with Crippen LogP contribution < -0.4 is 14.8 Å². The number of hydrogen-bond donors (Lipinski definition) is 1. The van der Waals surface area contributed by atoms with Gasteiger partial charge in [-0.3, -0.25) is 9.48 Å². The van der Waals surface area contributed by atoms with Crippen LogP contribution in [0.1, 0.15) is 16.1 Å². The van der Waals surface area contributed by atoms with Crippen molar-refractivity contribution in [1.82, 2.24) is 14.1 Å². The summed E-state index contributed by atoms with van der Waals surface area (Å²) < 4.78 is 38.8. The van der Waals surface area contributed by atoms with E-state index in [2.05, 4.69) is 16.3 Å². The number of nitrogens with one attached hydrogen (secondary N) is 1. The fourth-order valence-electron chi connectivity index (χ4n) is 3.91. The van der Waals surface area contributed by atoms with Gasteiger partial charge in [-0.05, 0) is 35.9 Å². The largest absolute Gasteiger partial charge is 0.454 e. The summed E-state index contributed by atoms with van der Waals surface area (Å²) in [7, 11) is -2.23. The molecule has 10 heteroatoms. The molecule has 0 radical (unpaired) electrons. The zero-order valence-corrected chi connectivity index (χ0v) is 20.2. The van der Waals surface area contributed by atoms with Gasteiger partial charge < -0.3 is 14.8 Å². The Kier molecular flexibility index (Phi) is 6.10. The van der Waals surface area contributed by atoms with Gasteiger partial charge in [0.1, 0.15) is 0 Å². The molecule has 182 valence electrons. The Hall–Kier alpha value is -4.33. The number of carbonyl (C=O) groups excluding carboxylic acids is 1. The van der Waals surface area contributed by atoms with Crippen LogP contribution in [0.5, 0.6) is 11.5 Å². The van der Waals surface area contributed by atoms with E-state index in [1.165, 1.54) is 19.2 Å². The quantitative estimate of drug-likeness (QED) is 0.389. The lowest BCUT2D eigenvalue weighted by Gasteiger charge is -2.14. The van der Waals surface area contributed by atoms with Crippen molar-refractivity contribution in [3.63, 3.8) is 0 Å². The summed E-state index contributed by atoms with van der Waals surface area (Å²) in [5.41, 5.74) is 2.44. The molecule has 9 nitrogen and oxygen atoms in total. The van der Waals surface area contributed by atoms with Crippen LogP contribution in [0.25, 0.3) is 10.9 Å². The Bertz CT molecular complexity index is 1600. The second-order valence-electron chi connectivity index (χ2n) is 8.15. The second kappa shape index (κ2) is 9.37. The van der Waals surface area contributed by atoms with Crippen LogP contribution in [0.15, 0.2) is 71.6 Å². The first kappa shape index (κ1) is 23.4. The second-order valence-corrected chi connectivity index (χ2v) is 10.2. The van der Waals surface area contributed by atoms with Gasteiger partial charge in [-0.25, -0.2) is 8.42 Å². The lowest BCUT2D eigenvalue weighted by Crippen LogP contribution is -2.27. The summed E-state index contributed by atoms with van der Waals surface area (Å²) in [6.07, 6.45) is 5.24. The summed E-state index contributed by atoms with van der Waals surface area (Å²) in [5.74, 6) is 3.17. The number of aromatic nitrogens is 2. The summed E-state index contributed by atoms with van der Waals surface area (Å²) in [6, 6.07) is 19.1. The molecule has 1 aliphatic rings. The lowest BCUT2D eigenvalue weighted by molar-refractivity contribution is 0.102. The minimum absolute atomic E-state index is 0.0134. The molecule has 0 fully saturated rings. The predicted molar refractivity (Wildman–Crippen MR) is 134 cm³/mol. The number of rotatable bonds is 7. The van der Waals surface area contributed by atoms with Crippen LogP contribution in [-0.2, 0) is 16.6 Å². The van der Waals surface area contributed by atoms with Crippen molar-refractivity contribution < 1.29 is 22.7 Å². The van der Waals surface area contributed by atoms with Gasteiger partial charge in [-0.15, -0.1) is 6.42 Å². The molecule has 0 aliphatic carbocycles. The number of amides is 1. The molecule has 3 aromatic carbocycles. The van der Waals surface area contributed by atoms with E-state index in [0.29, 0.717) is 29.1 Å². The van der Waals surface area contributed by atoms with Gasteiger partial charge in [0.15, 0.2) is 17.2 Å². The molecule has 0 unspecified atom stereocenters. The molecule has 1 aromatic heterocycles. The zero-order chi connectivity index (χ0) is 25.3. The molecule has 1 amide bonds. The molecule has 0 bridgehead atoms. The van der Waals surface area contributed by atoms with Crippen molar-refractivity contribution in [3.05, 3.63) is 78.0 Å². The van der Waals surface area contributed by atoms with Gasteiger partial charge in [-0.1, -0.05) is 36.3 Å². The highest BCUT2D eigenvalue weighted by Gasteiger charge is 2.21. The van der Waals surface area contributed by atoms with E-state index < -0.39 is 10.0 Å². The number of sulfonamides is 1. The smallest absolute Gasteiger partial charge is 0.276 e. The molecule has 0 saturated carbocycles. The van der Waals surface area contributed by atoms with Crippen molar-refractivity contribution >= 4 is 32.5 Å². The SMILES string of the molecule is C#CCN(C)S(=O)(=O)c1ccc(Cn2nc(C(=O)Nc3ccc4c(c3)OCO4)c3ccccc32)cc1. The number of carbonyl (C=O) groups is 1. The summed E-state index contributed by atoms with van der Waals surface area (Å²) in [6.45, 7) is 0.481. The van der Waals surface area contributed by atoms with Crippen LogP contribution in [0.3, 0.4) is 0 Å². The molecule has 2 heterocycles. The maximum atomic E-state index is 13.1. The first-order chi connectivity index (χ1) is 17.4. The summed E-state index contributed by atoms with van der Waals surface area (Å²) in [4.78, 5) is 13.3. The van der Waals surface area contributed by atoms with Gasteiger partial charge in [-0.2, -0.15) is 9.40 Å². The first-order valence-electron chi connectivity index (χ1n) is 11.0. The van der Waals surface area contributed by atoms with Crippen molar-refractivity contribution in [2.45, 2.75) is 11.4 Å².